The van der Waals surface area contributed by atoms with Crippen molar-refractivity contribution in [2.75, 3.05) is 0 Å². The smallest absolute Gasteiger partial charge is 0.399 e. The molecule has 4 rings (SSSR count). The summed E-state index contributed by atoms with van der Waals surface area (Å²) < 4.78 is 13.2. The Bertz CT molecular complexity index is 1060. The van der Waals surface area contributed by atoms with Gasteiger partial charge in [0.15, 0.2) is 0 Å². The average Bonchev–Trinajstić information content (AvgIpc) is 2.99. The molecule has 0 unspecified atom stereocenters. The Labute approximate surface area is 196 Å². The molecule has 2 aliphatic rings. The van der Waals surface area contributed by atoms with E-state index in [1.54, 1.807) is 0 Å². The molecule has 0 spiro atoms. The van der Waals surface area contributed by atoms with Gasteiger partial charge in [-0.05, 0) is 77.4 Å². The molecule has 3 heteroatoms. The van der Waals surface area contributed by atoms with Gasteiger partial charge < -0.3 is 9.31 Å². The normalized spacial score (nSPS) is 20.9. The van der Waals surface area contributed by atoms with Crippen molar-refractivity contribution in [3.05, 3.63) is 52.6 Å². The summed E-state index contributed by atoms with van der Waals surface area (Å²) >= 11 is 0. The van der Waals surface area contributed by atoms with Crippen LogP contribution in [0.25, 0.3) is 11.1 Å². The molecule has 1 aliphatic heterocycles. The molecule has 2 aromatic rings. The van der Waals surface area contributed by atoms with Crippen LogP contribution >= 0.6 is 0 Å². The van der Waals surface area contributed by atoms with Gasteiger partial charge >= 0.3 is 7.12 Å². The second-order valence-electron chi connectivity index (χ2n) is 13.5. The third-order valence-corrected chi connectivity index (χ3v) is 8.04. The van der Waals surface area contributed by atoms with Gasteiger partial charge in [0.05, 0.1) is 11.2 Å². The molecule has 0 aromatic heterocycles. The minimum Gasteiger partial charge on any atom is -0.399 e. The van der Waals surface area contributed by atoms with Crippen molar-refractivity contribution in [2.45, 2.75) is 111 Å². The number of rotatable bonds is 1. The first kappa shape index (κ1) is 23.6. The highest BCUT2D eigenvalue weighted by molar-refractivity contribution is 6.64. The first-order valence-corrected chi connectivity index (χ1v) is 12.1. The van der Waals surface area contributed by atoms with Gasteiger partial charge in [0.1, 0.15) is 0 Å². The van der Waals surface area contributed by atoms with Crippen LogP contribution in [0.15, 0.2) is 30.3 Å². The van der Waals surface area contributed by atoms with Crippen LogP contribution in [-0.4, -0.2) is 18.3 Å². The molecule has 1 fully saturated rings. The molecule has 2 nitrogen and oxygen atoms in total. The van der Waals surface area contributed by atoms with Crippen LogP contribution in [0.4, 0.5) is 0 Å². The number of benzene rings is 2. The van der Waals surface area contributed by atoms with Crippen LogP contribution < -0.4 is 5.46 Å². The molecular formula is C29H41BO2. The Morgan fingerprint density at radius 1 is 0.656 bits per heavy atom. The van der Waals surface area contributed by atoms with E-state index in [0.29, 0.717) is 0 Å². The van der Waals surface area contributed by atoms with E-state index in [1.165, 1.54) is 38.8 Å². The zero-order chi connectivity index (χ0) is 24.1. The van der Waals surface area contributed by atoms with Gasteiger partial charge in [-0.2, -0.15) is 0 Å². The summed E-state index contributed by atoms with van der Waals surface area (Å²) in [6.45, 7) is 27.0. The van der Waals surface area contributed by atoms with E-state index in [2.05, 4.69) is 113 Å². The quantitative estimate of drug-likeness (QED) is 0.457. The van der Waals surface area contributed by atoms with Gasteiger partial charge in [-0.3, -0.25) is 0 Å². The Kier molecular flexibility index (Phi) is 4.96. The molecule has 0 radical (unpaired) electrons. The number of fused-ring (bicyclic) bond motifs is 3. The van der Waals surface area contributed by atoms with Crippen LogP contribution in [0.5, 0.6) is 0 Å². The Hall–Kier alpha value is -1.58. The molecule has 1 aliphatic carbocycles. The molecule has 0 amide bonds. The van der Waals surface area contributed by atoms with Crippen LogP contribution in [0, 0.1) is 0 Å². The van der Waals surface area contributed by atoms with Gasteiger partial charge in [-0.15, -0.1) is 0 Å². The van der Waals surface area contributed by atoms with Gasteiger partial charge in [0, 0.05) is 5.41 Å². The van der Waals surface area contributed by atoms with Crippen molar-refractivity contribution in [2.24, 2.45) is 0 Å². The van der Waals surface area contributed by atoms with Crippen molar-refractivity contribution < 1.29 is 9.31 Å². The number of hydrogen-bond donors (Lipinski definition) is 0. The molecule has 0 N–H and O–H groups in total. The minimum absolute atomic E-state index is 0.0366. The lowest BCUT2D eigenvalue weighted by Crippen LogP contribution is -2.41. The van der Waals surface area contributed by atoms with E-state index >= 15 is 0 Å². The van der Waals surface area contributed by atoms with E-state index in [0.717, 1.165) is 0 Å². The standard InChI is InChI=1S/C29H41BO2/c1-25(2,3)18-13-14-20-21(15-18)27(7,8)22-16-19(26(4,5)6)17-23(24(20)22)30-31-28(9,10)29(11,12)32-30/h13-17H,1-12H3. The lowest BCUT2D eigenvalue weighted by Gasteiger charge is -2.32. The van der Waals surface area contributed by atoms with E-state index in [9.17, 15) is 0 Å². The maximum Gasteiger partial charge on any atom is 0.495 e. The van der Waals surface area contributed by atoms with Crippen molar-refractivity contribution in [3.8, 4) is 11.1 Å². The Morgan fingerprint density at radius 2 is 1.16 bits per heavy atom. The minimum atomic E-state index is -0.375. The molecule has 2 aromatic carbocycles. The lowest BCUT2D eigenvalue weighted by molar-refractivity contribution is 0.00578. The van der Waals surface area contributed by atoms with Gasteiger partial charge in [0.25, 0.3) is 0 Å². The molecule has 1 heterocycles. The third-order valence-electron chi connectivity index (χ3n) is 8.04. The highest BCUT2D eigenvalue weighted by Gasteiger charge is 2.53. The summed E-state index contributed by atoms with van der Waals surface area (Å²) in [7, 11) is -0.375. The highest BCUT2D eigenvalue weighted by atomic mass is 16.7. The zero-order valence-electron chi connectivity index (χ0n) is 22.3. The molecule has 0 saturated carbocycles. The monoisotopic (exact) mass is 432 g/mol. The largest absolute Gasteiger partial charge is 0.495 e. The number of hydrogen-bond acceptors (Lipinski definition) is 2. The fourth-order valence-corrected chi connectivity index (χ4v) is 4.94. The summed E-state index contributed by atoms with van der Waals surface area (Å²) in [4.78, 5) is 0. The second-order valence-corrected chi connectivity index (χ2v) is 13.5. The van der Waals surface area contributed by atoms with Crippen LogP contribution in [0.1, 0.15) is 105 Å². The van der Waals surface area contributed by atoms with Crippen LogP contribution in [0.3, 0.4) is 0 Å². The molecule has 1 saturated heterocycles. The van der Waals surface area contributed by atoms with Crippen molar-refractivity contribution in [1.82, 2.24) is 0 Å². The second kappa shape index (κ2) is 6.73. The maximum absolute atomic E-state index is 6.58. The van der Waals surface area contributed by atoms with Crippen molar-refractivity contribution >= 4 is 12.6 Å². The predicted molar refractivity (Wildman–Crippen MR) is 137 cm³/mol. The lowest BCUT2D eigenvalue weighted by atomic mass is 9.69. The molecular weight excluding hydrogens is 391 g/mol. The molecule has 32 heavy (non-hydrogen) atoms. The SMILES string of the molecule is CC(C)(C)c1ccc2c(c1)C(C)(C)c1cc(C(C)(C)C)cc(B3OC(C)(C)C(C)(C)O3)c1-2. The van der Waals surface area contributed by atoms with Gasteiger partial charge in [0.2, 0.25) is 0 Å². The summed E-state index contributed by atoms with van der Waals surface area (Å²) in [6.07, 6.45) is 0. The average molecular weight is 432 g/mol. The van der Waals surface area contributed by atoms with Crippen molar-refractivity contribution in [1.29, 1.82) is 0 Å². The fraction of sp³-hybridized carbons (Fsp3) is 0.586. The summed E-state index contributed by atoms with van der Waals surface area (Å²) in [6, 6.07) is 11.8. The summed E-state index contributed by atoms with van der Waals surface area (Å²) in [5, 5.41) is 0. The molecule has 172 valence electrons. The predicted octanol–water partition coefficient (Wildman–Crippen LogP) is 6.89. The Morgan fingerprint density at radius 3 is 1.66 bits per heavy atom. The highest BCUT2D eigenvalue weighted by Crippen LogP contribution is 2.51. The Balaban J connectivity index is 2.00. The van der Waals surface area contributed by atoms with E-state index in [1.807, 2.05) is 0 Å². The third kappa shape index (κ3) is 3.48. The zero-order valence-corrected chi connectivity index (χ0v) is 22.3. The van der Waals surface area contributed by atoms with E-state index < -0.39 is 0 Å². The maximum atomic E-state index is 6.58. The summed E-state index contributed by atoms with van der Waals surface area (Å²) in [5.41, 5.74) is 8.64. The topological polar surface area (TPSA) is 18.5 Å². The molecule has 0 bridgehead atoms. The molecule has 0 atom stereocenters. The van der Waals surface area contributed by atoms with E-state index in [4.69, 9.17) is 9.31 Å². The van der Waals surface area contributed by atoms with Gasteiger partial charge in [-0.25, -0.2) is 0 Å². The summed E-state index contributed by atoms with van der Waals surface area (Å²) in [5.74, 6) is 0. The van der Waals surface area contributed by atoms with E-state index in [-0.39, 0.29) is 34.6 Å². The van der Waals surface area contributed by atoms with Gasteiger partial charge in [-0.1, -0.05) is 85.7 Å². The van der Waals surface area contributed by atoms with Crippen molar-refractivity contribution in [3.63, 3.8) is 0 Å². The first-order valence-electron chi connectivity index (χ1n) is 12.1. The fourth-order valence-electron chi connectivity index (χ4n) is 4.94. The van der Waals surface area contributed by atoms with Crippen LogP contribution in [-0.2, 0) is 25.6 Å². The first-order chi connectivity index (χ1) is 14.4. The van der Waals surface area contributed by atoms with Crippen LogP contribution in [0.2, 0.25) is 0 Å².